The van der Waals surface area contributed by atoms with Crippen LogP contribution < -0.4 is 15.5 Å². The molecule has 1 aromatic heterocycles. The third-order valence-electron chi connectivity index (χ3n) is 4.47. The van der Waals surface area contributed by atoms with Crippen LogP contribution in [-0.2, 0) is 27.2 Å². The van der Waals surface area contributed by atoms with E-state index in [1.165, 1.54) is 21.1 Å². The standard InChI is InChI=1S/C20H24N4O3S/c1-3-7-14-16(4-2)28-20(22-14)23-17(25)10-11-19(27)24-12-18(26)21-13-8-5-6-9-15(13)24/h5-6,8-9H,3-4,7,10-12H2,1-2H3,(H,21,26)(H,22,23,25). The van der Waals surface area contributed by atoms with E-state index in [2.05, 4.69) is 29.5 Å². The Morgan fingerprint density at radius 2 is 2.04 bits per heavy atom. The summed E-state index contributed by atoms with van der Waals surface area (Å²) in [6.07, 6.45) is 2.86. The lowest BCUT2D eigenvalue weighted by Crippen LogP contribution is -2.42. The second-order valence-corrected chi connectivity index (χ2v) is 7.67. The number of rotatable bonds is 7. The normalized spacial score (nSPS) is 13.1. The summed E-state index contributed by atoms with van der Waals surface area (Å²) < 4.78 is 0. The minimum absolute atomic E-state index is 0.0290. The largest absolute Gasteiger partial charge is 0.323 e. The highest BCUT2D eigenvalue weighted by molar-refractivity contribution is 7.15. The van der Waals surface area contributed by atoms with Gasteiger partial charge in [0, 0.05) is 17.7 Å². The average Bonchev–Trinajstić information content (AvgIpc) is 3.07. The fraction of sp³-hybridized carbons (Fsp3) is 0.400. The van der Waals surface area contributed by atoms with E-state index in [9.17, 15) is 14.4 Å². The first kappa shape index (κ1) is 20.0. The van der Waals surface area contributed by atoms with Crippen LogP contribution in [0.2, 0.25) is 0 Å². The lowest BCUT2D eigenvalue weighted by atomic mass is 10.1. The summed E-state index contributed by atoms with van der Waals surface area (Å²) in [5.41, 5.74) is 2.30. The molecule has 0 saturated heterocycles. The van der Waals surface area contributed by atoms with Gasteiger partial charge in [-0.05, 0) is 25.0 Å². The van der Waals surface area contributed by atoms with Gasteiger partial charge in [0.25, 0.3) is 0 Å². The Hall–Kier alpha value is -2.74. The Morgan fingerprint density at radius 3 is 2.79 bits per heavy atom. The molecule has 0 aliphatic carbocycles. The van der Waals surface area contributed by atoms with Crippen LogP contribution in [0.15, 0.2) is 24.3 Å². The molecule has 1 aromatic carbocycles. The number of aromatic nitrogens is 1. The van der Waals surface area contributed by atoms with E-state index >= 15 is 0 Å². The van der Waals surface area contributed by atoms with Crippen LogP contribution in [0.3, 0.4) is 0 Å². The van der Waals surface area contributed by atoms with E-state index in [-0.39, 0.29) is 37.1 Å². The Balaban J connectivity index is 1.59. The lowest BCUT2D eigenvalue weighted by molar-refractivity contribution is -0.124. The smallest absolute Gasteiger partial charge is 0.244 e. The molecule has 8 heteroatoms. The van der Waals surface area contributed by atoms with Gasteiger partial charge in [-0.2, -0.15) is 0 Å². The number of para-hydroxylation sites is 2. The zero-order valence-corrected chi connectivity index (χ0v) is 16.9. The average molecular weight is 401 g/mol. The molecule has 2 N–H and O–H groups in total. The summed E-state index contributed by atoms with van der Waals surface area (Å²) in [5.74, 6) is -0.741. The molecule has 0 unspecified atom stereocenters. The third-order valence-corrected chi connectivity index (χ3v) is 5.63. The van der Waals surface area contributed by atoms with Crippen LogP contribution in [0, 0.1) is 0 Å². The second-order valence-electron chi connectivity index (χ2n) is 6.59. The second kappa shape index (κ2) is 8.97. The van der Waals surface area contributed by atoms with Crippen LogP contribution in [0.25, 0.3) is 0 Å². The first-order valence-corrected chi connectivity index (χ1v) is 10.3. The van der Waals surface area contributed by atoms with Crippen molar-refractivity contribution in [3.8, 4) is 0 Å². The minimum Gasteiger partial charge on any atom is -0.323 e. The predicted octanol–water partition coefficient (Wildman–Crippen LogP) is 3.36. The summed E-state index contributed by atoms with van der Waals surface area (Å²) in [6.45, 7) is 4.13. The van der Waals surface area contributed by atoms with E-state index < -0.39 is 0 Å². The highest BCUT2D eigenvalue weighted by atomic mass is 32.1. The molecule has 0 radical (unpaired) electrons. The van der Waals surface area contributed by atoms with Gasteiger partial charge in [-0.3, -0.25) is 14.4 Å². The number of benzene rings is 1. The van der Waals surface area contributed by atoms with Gasteiger partial charge in [-0.25, -0.2) is 4.98 Å². The summed E-state index contributed by atoms with van der Waals surface area (Å²) in [7, 11) is 0. The van der Waals surface area contributed by atoms with Gasteiger partial charge in [0.05, 0.1) is 17.1 Å². The van der Waals surface area contributed by atoms with Gasteiger partial charge < -0.3 is 15.5 Å². The molecule has 1 aliphatic rings. The lowest BCUT2D eigenvalue weighted by Gasteiger charge is -2.29. The quantitative estimate of drug-likeness (QED) is 0.745. The van der Waals surface area contributed by atoms with Gasteiger partial charge >= 0.3 is 0 Å². The van der Waals surface area contributed by atoms with Gasteiger partial charge in [-0.1, -0.05) is 32.4 Å². The van der Waals surface area contributed by atoms with Crippen molar-refractivity contribution in [2.75, 3.05) is 22.1 Å². The van der Waals surface area contributed by atoms with Crippen LogP contribution in [0.5, 0.6) is 0 Å². The fourth-order valence-corrected chi connectivity index (χ4v) is 4.10. The molecular formula is C20H24N4O3S. The number of carbonyl (C=O) groups is 3. The van der Waals surface area contributed by atoms with Crippen molar-refractivity contribution in [2.24, 2.45) is 0 Å². The van der Waals surface area contributed by atoms with E-state index in [1.54, 1.807) is 18.2 Å². The molecule has 28 heavy (non-hydrogen) atoms. The number of aryl methyl sites for hydroxylation is 2. The number of nitrogens with zero attached hydrogens (tertiary/aromatic N) is 2. The Bertz CT molecular complexity index is 893. The van der Waals surface area contributed by atoms with E-state index in [4.69, 9.17) is 0 Å². The van der Waals surface area contributed by atoms with E-state index in [0.717, 1.165) is 25.0 Å². The minimum atomic E-state index is -0.252. The van der Waals surface area contributed by atoms with Crippen molar-refractivity contribution >= 4 is 45.6 Å². The first-order chi connectivity index (χ1) is 13.5. The van der Waals surface area contributed by atoms with Crippen molar-refractivity contribution in [3.05, 3.63) is 34.8 Å². The van der Waals surface area contributed by atoms with Crippen LogP contribution in [-0.4, -0.2) is 29.3 Å². The molecule has 0 atom stereocenters. The number of thiazole rings is 1. The van der Waals surface area contributed by atoms with Crippen molar-refractivity contribution in [3.63, 3.8) is 0 Å². The van der Waals surface area contributed by atoms with E-state index in [1.807, 2.05) is 6.07 Å². The number of hydrogen-bond acceptors (Lipinski definition) is 5. The summed E-state index contributed by atoms with van der Waals surface area (Å²) >= 11 is 1.49. The Morgan fingerprint density at radius 1 is 1.25 bits per heavy atom. The van der Waals surface area contributed by atoms with Gasteiger partial charge in [0.2, 0.25) is 17.7 Å². The maximum atomic E-state index is 12.6. The summed E-state index contributed by atoms with van der Waals surface area (Å²) in [4.78, 5) is 43.9. The van der Waals surface area contributed by atoms with Crippen molar-refractivity contribution in [2.45, 2.75) is 46.0 Å². The number of amides is 3. The molecule has 0 saturated carbocycles. The molecule has 2 heterocycles. The fourth-order valence-electron chi connectivity index (χ4n) is 3.14. The molecular weight excluding hydrogens is 376 g/mol. The number of nitrogens with one attached hydrogen (secondary N) is 2. The molecule has 0 bridgehead atoms. The topological polar surface area (TPSA) is 91.4 Å². The third kappa shape index (κ3) is 4.56. The highest BCUT2D eigenvalue weighted by Crippen LogP contribution is 2.29. The number of carbonyl (C=O) groups excluding carboxylic acids is 3. The van der Waals surface area contributed by atoms with Crippen LogP contribution in [0.1, 0.15) is 43.7 Å². The van der Waals surface area contributed by atoms with Crippen LogP contribution in [0.4, 0.5) is 16.5 Å². The molecule has 0 spiro atoms. The van der Waals surface area contributed by atoms with Crippen molar-refractivity contribution in [1.29, 1.82) is 0 Å². The van der Waals surface area contributed by atoms with E-state index in [0.29, 0.717) is 16.5 Å². The maximum absolute atomic E-state index is 12.6. The molecule has 1 aliphatic heterocycles. The molecule has 2 aromatic rings. The van der Waals surface area contributed by atoms with Gasteiger partial charge in [0.1, 0.15) is 6.54 Å². The SMILES string of the molecule is CCCc1nc(NC(=O)CCC(=O)N2CC(=O)Nc3ccccc32)sc1CC. The molecule has 3 rings (SSSR count). The van der Waals surface area contributed by atoms with Crippen molar-refractivity contribution in [1.82, 2.24) is 4.98 Å². The Labute approximate surface area is 168 Å². The monoisotopic (exact) mass is 400 g/mol. The zero-order chi connectivity index (χ0) is 20.1. The van der Waals surface area contributed by atoms with Crippen molar-refractivity contribution < 1.29 is 14.4 Å². The summed E-state index contributed by atoms with van der Waals surface area (Å²) in [5, 5.41) is 6.13. The first-order valence-electron chi connectivity index (χ1n) is 9.49. The molecule has 3 amide bonds. The molecule has 0 fully saturated rings. The molecule has 7 nitrogen and oxygen atoms in total. The number of hydrogen-bond donors (Lipinski definition) is 2. The number of anilines is 3. The van der Waals surface area contributed by atoms with Gasteiger partial charge in [0.15, 0.2) is 5.13 Å². The Kier molecular flexibility index (Phi) is 6.41. The zero-order valence-electron chi connectivity index (χ0n) is 16.1. The van der Waals surface area contributed by atoms with Gasteiger partial charge in [-0.15, -0.1) is 11.3 Å². The highest BCUT2D eigenvalue weighted by Gasteiger charge is 2.26. The predicted molar refractivity (Wildman–Crippen MR) is 111 cm³/mol. The summed E-state index contributed by atoms with van der Waals surface area (Å²) in [6, 6.07) is 7.14. The number of fused-ring (bicyclic) bond motifs is 1. The van der Waals surface area contributed by atoms with Crippen LogP contribution >= 0.6 is 11.3 Å². The maximum Gasteiger partial charge on any atom is 0.244 e. The molecule has 148 valence electrons.